The van der Waals surface area contributed by atoms with Gasteiger partial charge in [0, 0.05) is 20.0 Å². The topological polar surface area (TPSA) is 74.5 Å². The summed E-state index contributed by atoms with van der Waals surface area (Å²) in [6.07, 6.45) is 0.819. The van der Waals surface area contributed by atoms with Gasteiger partial charge in [0.05, 0.1) is 31.3 Å². The zero-order chi connectivity index (χ0) is 24.1. The molecule has 0 saturated carbocycles. The van der Waals surface area contributed by atoms with Crippen LogP contribution in [0.5, 0.6) is 11.5 Å². The zero-order valence-electron chi connectivity index (χ0n) is 19.7. The summed E-state index contributed by atoms with van der Waals surface area (Å²) in [6, 6.07) is 22.9. The van der Waals surface area contributed by atoms with Crippen LogP contribution in [-0.4, -0.2) is 29.3 Å². The van der Waals surface area contributed by atoms with E-state index in [4.69, 9.17) is 9.47 Å². The van der Waals surface area contributed by atoms with Crippen LogP contribution in [0.2, 0.25) is 0 Å². The van der Waals surface area contributed by atoms with Crippen molar-refractivity contribution >= 4 is 16.9 Å². The lowest BCUT2D eigenvalue weighted by molar-refractivity contribution is -0.122. The molecule has 0 radical (unpaired) electrons. The standard InChI is InChI=1S/C27H29N3O4/c1-29-24-6-4-5-7-25(24)30(27(29)32)17-16-26(31)28-23(20-10-14-22(34-3)15-11-20)18-19-8-12-21(33-2)13-9-19/h4-15,23H,16-18H2,1-3H3,(H,28,31)/t23-/m0/s1. The zero-order valence-corrected chi connectivity index (χ0v) is 19.7. The first-order valence-corrected chi connectivity index (χ1v) is 11.2. The van der Waals surface area contributed by atoms with E-state index in [9.17, 15) is 9.59 Å². The van der Waals surface area contributed by atoms with Gasteiger partial charge in [0.1, 0.15) is 11.5 Å². The Morgan fingerprint density at radius 3 is 2.09 bits per heavy atom. The molecule has 0 aliphatic carbocycles. The normalized spacial score (nSPS) is 11.9. The number of imidazole rings is 1. The van der Waals surface area contributed by atoms with Crippen molar-refractivity contribution in [3.63, 3.8) is 0 Å². The average Bonchev–Trinajstić information content (AvgIpc) is 3.12. The second-order valence-electron chi connectivity index (χ2n) is 8.18. The van der Waals surface area contributed by atoms with E-state index in [-0.39, 0.29) is 24.1 Å². The molecule has 3 aromatic carbocycles. The van der Waals surface area contributed by atoms with Gasteiger partial charge in [0.15, 0.2) is 0 Å². The number of hydrogen-bond acceptors (Lipinski definition) is 4. The maximum absolute atomic E-state index is 13.0. The molecule has 0 spiro atoms. The number of benzene rings is 3. The number of aryl methyl sites for hydroxylation is 2. The van der Waals surface area contributed by atoms with Gasteiger partial charge in [-0.05, 0) is 53.9 Å². The highest BCUT2D eigenvalue weighted by molar-refractivity contribution is 5.78. The van der Waals surface area contributed by atoms with Gasteiger partial charge in [-0.1, -0.05) is 36.4 Å². The van der Waals surface area contributed by atoms with Crippen molar-refractivity contribution in [1.29, 1.82) is 0 Å². The predicted molar refractivity (Wildman–Crippen MR) is 132 cm³/mol. The SMILES string of the molecule is COc1ccc(C[C@H](NC(=O)CCn2c(=O)n(C)c3ccccc32)c2ccc(OC)cc2)cc1. The van der Waals surface area contributed by atoms with Crippen LogP contribution in [0.4, 0.5) is 0 Å². The first kappa shape index (κ1) is 23.2. The molecule has 0 bridgehead atoms. The molecule has 176 valence electrons. The molecule has 7 nitrogen and oxygen atoms in total. The molecule has 1 heterocycles. The third kappa shape index (κ3) is 4.98. The first-order valence-electron chi connectivity index (χ1n) is 11.2. The fourth-order valence-corrected chi connectivity index (χ4v) is 4.14. The smallest absolute Gasteiger partial charge is 0.328 e. The molecule has 34 heavy (non-hydrogen) atoms. The lowest BCUT2D eigenvalue weighted by Gasteiger charge is -2.20. The van der Waals surface area contributed by atoms with E-state index in [1.165, 1.54) is 0 Å². The maximum atomic E-state index is 13.0. The van der Waals surface area contributed by atoms with E-state index >= 15 is 0 Å². The van der Waals surface area contributed by atoms with E-state index in [1.807, 2.05) is 72.8 Å². The Bertz CT molecular complexity index is 1320. The summed E-state index contributed by atoms with van der Waals surface area (Å²) < 4.78 is 13.8. The molecule has 0 fully saturated rings. The molecule has 1 N–H and O–H groups in total. The molecule has 1 amide bonds. The monoisotopic (exact) mass is 459 g/mol. The minimum atomic E-state index is -0.226. The van der Waals surface area contributed by atoms with E-state index in [1.54, 1.807) is 30.4 Å². The summed E-state index contributed by atoms with van der Waals surface area (Å²) in [5, 5.41) is 3.16. The number of rotatable bonds is 9. The Morgan fingerprint density at radius 1 is 0.882 bits per heavy atom. The van der Waals surface area contributed by atoms with Crippen LogP contribution in [0.1, 0.15) is 23.6 Å². The fraction of sp³-hybridized carbons (Fsp3) is 0.259. The minimum absolute atomic E-state index is 0.117. The Kier molecular flexibility index (Phi) is 7.01. The number of ether oxygens (including phenoxy) is 2. The van der Waals surface area contributed by atoms with Gasteiger partial charge in [-0.25, -0.2) is 4.79 Å². The number of amides is 1. The average molecular weight is 460 g/mol. The minimum Gasteiger partial charge on any atom is -0.497 e. The van der Waals surface area contributed by atoms with Crippen molar-refractivity contribution < 1.29 is 14.3 Å². The van der Waals surface area contributed by atoms with Crippen LogP contribution in [0.15, 0.2) is 77.6 Å². The molecule has 4 rings (SSSR count). The van der Waals surface area contributed by atoms with Gasteiger partial charge in [0.25, 0.3) is 0 Å². The summed E-state index contributed by atoms with van der Waals surface area (Å²) in [4.78, 5) is 25.7. The molecule has 1 aromatic heterocycles. The van der Waals surface area contributed by atoms with Crippen molar-refractivity contribution in [2.24, 2.45) is 7.05 Å². The van der Waals surface area contributed by atoms with Gasteiger partial charge >= 0.3 is 5.69 Å². The van der Waals surface area contributed by atoms with Gasteiger partial charge in [-0.15, -0.1) is 0 Å². The summed E-state index contributed by atoms with van der Waals surface area (Å²) >= 11 is 0. The number of methoxy groups -OCH3 is 2. The fourth-order valence-electron chi connectivity index (χ4n) is 4.14. The van der Waals surface area contributed by atoms with Crippen molar-refractivity contribution in [3.05, 3.63) is 94.4 Å². The molecule has 4 aromatic rings. The van der Waals surface area contributed by atoms with Crippen molar-refractivity contribution in [3.8, 4) is 11.5 Å². The van der Waals surface area contributed by atoms with Crippen LogP contribution in [0.3, 0.4) is 0 Å². The molecular weight excluding hydrogens is 430 g/mol. The Morgan fingerprint density at radius 2 is 1.47 bits per heavy atom. The molecule has 0 saturated heterocycles. The molecule has 0 aliphatic rings. The summed E-state index contributed by atoms with van der Waals surface area (Å²) in [6.45, 7) is 0.309. The third-order valence-corrected chi connectivity index (χ3v) is 6.07. The molecule has 0 unspecified atom stereocenters. The van der Waals surface area contributed by atoms with Crippen LogP contribution in [-0.2, 0) is 24.8 Å². The quantitative estimate of drug-likeness (QED) is 0.413. The molecule has 1 atom stereocenters. The van der Waals surface area contributed by atoms with Crippen LogP contribution in [0, 0.1) is 0 Å². The highest BCUT2D eigenvalue weighted by atomic mass is 16.5. The lowest BCUT2D eigenvalue weighted by Crippen LogP contribution is -2.32. The Balaban J connectivity index is 1.51. The number of carbonyl (C=O) groups excluding carboxylic acids is 1. The second kappa shape index (κ2) is 10.3. The van der Waals surface area contributed by atoms with Gasteiger partial charge in [-0.2, -0.15) is 0 Å². The van der Waals surface area contributed by atoms with Crippen LogP contribution in [0.25, 0.3) is 11.0 Å². The third-order valence-electron chi connectivity index (χ3n) is 6.07. The van der Waals surface area contributed by atoms with E-state index in [2.05, 4.69) is 5.32 Å². The highest BCUT2D eigenvalue weighted by Crippen LogP contribution is 2.23. The van der Waals surface area contributed by atoms with Crippen molar-refractivity contribution in [2.45, 2.75) is 25.4 Å². The Labute approximate surface area is 198 Å². The summed E-state index contributed by atoms with van der Waals surface area (Å²) in [5.74, 6) is 1.43. The highest BCUT2D eigenvalue weighted by Gasteiger charge is 2.17. The summed E-state index contributed by atoms with van der Waals surface area (Å²) in [5.41, 5.74) is 3.61. The Hall–Kier alpha value is -4.00. The lowest BCUT2D eigenvalue weighted by atomic mass is 9.98. The van der Waals surface area contributed by atoms with E-state index in [0.29, 0.717) is 13.0 Å². The number of nitrogens with one attached hydrogen (secondary N) is 1. The number of aromatic nitrogens is 2. The number of para-hydroxylation sites is 2. The molecule has 7 heteroatoms. The molecular formula is C27H29N3O4. The molecule has 0 aliphatic heterocycles. The second-order valence-corrected chi connectivity index (χ2v) is 8.18. The maximum Gasteiger partial charge on any atom is 0.328 e. The van der Waals surface area contributed by atoms with Crippen molar-refractivity contribution in [1.82, 2.24) is 14.5 Å². The van der Waals surface area contributed by atoms with E-state index < -0.39 is 0 Å². The number of carbonyl (C=O) groups is 1. The number of fused-ring (bicyclic) bond motifs is 1. The predicted octanol–water partition coefficient (Wildman–Crippen LogP) is 3.85. The van der Waals surface area contributed by atoms with Gasteiger partial charge in [0.2, 0.25) is 5.91 Å². The van der Waals surface area contributed by atoms with Crippen molar-refractivity contribution in [2.75, 3.05) is 14.2 Å². The summed E-state index contributed by atoms with van der Waals surface area (Å²) in [7, 11) is 5.01. The van der Waals surface area contributed by atoms with E-state index in [0.717, 1.165) is 33.7 Å². The number of nitrogens with zero attached hydrogens (tertiary/aromatic N) is 2. The largest absolute Gasteiger partial charge is 0.497 e. The van der Waals surface area contributed by atoms with Crippen LogP contribution >= 0.6 is 0 Å². The number of hydrogen-bond donors (Lipinski definition) is 1. The van der Waals surface area contributed by atoms with Gasteiger partial charge < -0.3 is 14.8 Å². The van der Waals surface area contributed by atoms with Gasteiger partial charge in [-0.3, -0.25) is 13.9 Å². The van der Waals surface area contributed by atoms with Crippen LogP contribution < -0.4 is 20.5 Å². The first-order chi connectivity index (χ1) is 16.5.